The minimum Gasteiger partial charge on any atom is -0.545 e. The average Bonchev–Trinajstić information content (AvgIpc) is 1.95. The van der Waals surface area contributed by atoms with Crippen LogP contribution in [0.15, 0.2) is 11.6 Å². The Morgan fingerprint density at radius 1 is 1.46 bits per heavy atom. The second-order valence-electron chi connectivity index (χ2n) is 4.14. The van der Waals surface area contributed by atoms with Crippen molar-refractivity contribution >= 4 is 5.97 Å². The highest BCUT2D eigenvalue weighted by atomic mass is 16.4. The van der Waals surface area contributed by atoms with Gasteiger partial charge in [0.1, 0.15) is 0 Å². The highest BCUT2D eigenvalue weighted by Crippen LogP contribution is 1.99. The van der Waals surface area contributed by atoms with Crippen LogP contribution in [0.3, 0.4) is 0 Å². The van der Waals surface area contributed by atoms with Gasteiger partial charge in [-0.25, -0.2) is 0 Å². The lowest BCUT2D eigenvalue weighted by Gasteiger charge is -2.19. The van der Waals surface area contributed by atoms with Crippen LogP contribution >= 0.6 is 0 Å². The maximum absolute atomic E-state index is 10.3. The third kappa shape index (κ3) is 7.53. The minimum absolute atomic E-state index is 0.0865. The van der Waals surface area contributed by atoms with Crippen LogP contribution in [-0.2, 0) is 4.79 Å². The number of rotatable bonds is 4. The largest absolute Gasteiger partial charge is 0.545 e. The molecule has 0 fully saturated rings. The number of nitrogens with one attached hydrogen (secondary N) is 1. The van der Waals surface area contributed by atoms with Gasteiger partial charge in [-0.1, -0.05) is 6.08 Å². The van der Waals surface area contributed by atoms with Crippen LogP contribution in [0.2, 0.25) is 0 Å². The number of hydrogen-bond acceptors (Lipinski definition) is 3. The monoisotopic (exact) mass is 184 g/mol. The van der Waals surface area contributed by atoms with Crippen LogP contribution in [0.4, 0.5) is 0 Å². The standard InChI is InChI=1S/C10H19NO2/c1-8(9(12)13)6-5-7-11-10(2,3)4/h6,11H,5,7H2,1-4H3,(H,12,13)/p-1/b8-6+. The SMILES string of the molecule is C/C(=C\CCNC(C)(C)C)C(=O)[O-]. The highest BCUT2D eigenvalue weighted by molar-refractivity contribution is 5.83. The molecule has 0 amide bonds. The van der Waals surface area contributed by atoms with E-state index in [1.807, 2.05) is 0 Å². The van der Waals surface area contributed by atoms with E-state index in [1.54, 1.807) is 13.0 Å². The van der Waals surface area contributed by atoms with Crippen molar-refractivity contribution in [2.75, 3.05) is 6.54 Å². The van der Waals surface area contributed by atoms with Gasteiger partial charge in [-0.15, -0.1) is 0 Å². The van der Waals surface area contributed by atoms with Crippen molar-refractivity contribution in [1.82, 2.24) is 5.32 Å². The van der Waals surface area contributed by atoms with Gasteiger partial charge in [0.2, 0.25) is 0 Å². The van der Waals surface area contributed by atoms with E-state index >= 15 is 0 Å². The van der Waals surface area contributed by atoms with Crippen LogP contribution in [0.5, 0.6) is 0 Å². The molecule has 0 aromatic carbocycles. The molecule has 0 unspecified atom stereocenters. The summed E-state index contributed by atoms with van der Waals surface area (Å²) in [5, 5.41) is 13.5. The third-order valence-corrected chi connectivity index (χ3v) is 1.57. The van der Waals surface area contributed by atoms with Gasteiger partial charge in [0, 0.05) is 5.54 Å². The van der Waals surface area contributed by atoms with Gasteiger partial charge < -0.3 is 15.2 Å². The van der Waals surface area contributed by atoms with E-state index in [4.69, 9.17) is 0 Å². The molecule has 1 N–H and O–H groups in total. The molecule has 0 radical (unpaired) electrons. The Morgan fingerprint density at radius 2 is 2.00 bits per heavy atom. The lowest BCUT2D eigenvalue weighted by atomic mass is 10.1. The van der Waals surface area contributed by atoms with Crippen molar-refractivity contribution in [2.45, 2.75) is 39.7 Å². The van der Waals surface area contributed by atoms with Crippen molar-refractivity contribution in [2.24, 2.45) is 0 Å². The molecule has 0 spiro atoms. The highest BCUT2D eigenvalue weighted by Gasteiger charge is 2.06. The lowest BCUT2D eigenvalue weighted by Crippen LogP contribution is -2.36. The average molecular weight is 184 g/mol. The Kier molecular flexibility index (Phi) is 4.70. The molecule has 0 aliphatic heterocycles. The van der Waals surface area contributed by atoms with E-state index in [1.165, 1.54) is 0 Å². The predicted octanol–water partition coefficient (Wildman–Crippen LogP) is 0.461. The van der Waals surface area contributed by atoms with Crippen molar-refractivity contribution in [3.8, 4) is 0 Å². The summed E-state index contributed by atoms with van der Waals surface area (Å²) in [5.41, 5.74) is 0.388. The molecule has 0 rings (SSSR count). The quantitative estimate of drug-likeness (QED) is 0.510. The molecular weight excluding hydrogens is 166 g/mol. The molecule has 0 atom stereocenters. The fraction of sp³-hybridized carbons (Fsp3) is 0.700. The number of carboxylic acid groups (broad SMARTS) is 1. The summed E-state index contributed by atoms with van der Waals surface area (Å²) < 4.78 is 0. The number of carbonyl (C=O) groups is 1. The van der Waals surface area contributed by atoms with Crippen molar-refractivity contribution in [1.29, 1.82) is 0 Å². The number of carbonyl (C=O) groups excluding carboxylic acids is 1. The van der Waals surface area contributed by atoms with Gasteiger partial charge in [-0.3, -0.25) is 0 Å². The van der Waals surface area contributed by atoms with Crippen LogP contribution in [0.1, 0.15) is 34.1 Å². The maximum atomic E-state index is 10.3. The van der Waals surface area contributed by atoms with E-state index in [-0.39, 0.29) is 5.54 Å². The first-order chi connectivity index (χ1) is 5.83. The molecule has 3 heteroatoms. The van der Waals surface area contributed by atoms with E-state index in [0.717, 1.165) is 13.0 Å². The van der Waals surface area contributed by atoms with Gasteiger partial charge in [0.25, 0.3) is 0 Å². The Balaban J connectivity index is 3.68. The summed E-state index contributed by atoms with van der Waals surface area (Å²) >= 11 is 0. The summed E-state index contributed by atoms with van der Waals surface area (Å²) in [5.74, 6) is -1.09. The summed E-state index contributed by atoms with van der Waals surface area (Å²) in [6.07, 6.45) is 2.39. The fourth-order valence-electron chi connectivity index (χ4n) is 0.819. The normalized spacial score (nSPS) is 13.1. The molecule has 0 bridgehead atoms. The zero-order chi connectivity index (χ0) is 10.5. The van der Waals surface area contributed by atoms with Crippen LogP contribution in [0.25, 0.3) is 0 Å². The predicted molar refractivity (Wildman–Crippen MR) is 51.1 cm³/mol. The first-order valence-electron chi connectivity index (χ1n) is 4.46. The zero-order valence-electron chi connectivity index (χ0n) is 8.81. The van der Waals surface area contributed by atoms with Gasteiger partial charge in [-0.2, -0.15) is 0 Å². The molecule has 0 aromatic rings. The molecule has 0 aromatic heterocycles. The number of carboxylic acids is 1. The van der Waals surface area contributed by atoms with Crippen molar-refractivity contribution in [3.63, 3.8) is 0 Å². The first-order valence-corrected chi connectivity index (χ1v) is 4.46. The molecule has 76 valence electrons. The molecule has 3 nitrogen and oxygen atoms in total. The zero-order valence-corrected chi connectivity index (χ0v) is 8.81. The van der Waals surface area contributed by atoms with Gasteiger partial charge in [0.15, 0.2) is 0 Å². The van der Waals surface area contributed by atoms with E-state index in [9.17, 15) is 9.90 Å². The van der Waals surface area contributed by atoms with E-state index in [2.05, 4.69) is 26.1 Å². The Labute approximate surface area is 79.8 Å². The molecule has 0 saturated carbocycles. The summed E-state index contributed by atoms with van der Waals surface area (Å²) in [4.78, 5) is 10.3. The minimum atomic E-state index is -1.09. The Morgan fingerprint density at radius 3 is 2.38 bits per heavy atom. The lowest BCUT2D eigenvalue weighted by molar-refractivity contribution is -0.299. The van der Waals surface area contributed by atoms with E-state index < -0.39 is 5.97 Å². The summed E-state index contributed by atoms with van der Waals surface area (Å²) in [6.45, 7) is 8.55. The molecule has 13 heavy (non-hydrogen) atoms. The smallest absolute Gasteiger partial charge is 0.0668 e. The van der Waals surface area contributed by atoms with Crippen molar-refractivity contribution < 1.29 is 9.90 Å². The van der Waals surface area contributed by atoms with Crippen molar-refractivity contribution in [3.05, 3.63) is 11.6 Å². The first kappa shape index (κ1) is 12.2. The Hall–Kier alpha value is -0.830. The number of hydrogen-bond donors (Lipinski definition) is 1. The fourth-order valence-corrected chi connectivity index (χ4v) is 0.819. The van der Waals surface area contributed by atoms with Crippen LogP contribution in [-0.4, -0.2) is 18.1 Å². The third-order valence-electron chi connectivity index (χ3n) is 1.57. The molecule has 0 heterocycles. The van der Waals surface area contributed by atoms with Gasteiger partial charge >= 0.3 is 0 Å². The molecule has 0 aliphatic carbocycles. The summed E-state index contributed by atoms with van der Waals surface area (Å²) in [7, 11) is 0. The Bertz CT molecular complexity index is 201. The van der Waals surface area contributed by atoms with Crippen LogP contribution < -0.4 is 10.4 Å². The van der Waals surface area contributed by atoms with Gasteiger partial charge in [-0.05, 0) is 46.2 Å². The van der Waals surface area contributed by atoms with Crippen LogP contribution in [0, 0.1) is 0 Å². The second-order valence-corrected chi connectivity index (χ2v) is 4.14. The second kappa shape index (κ2) is 5.02. The van der Waals surface area contributed by atoms with Gasteiger partial charge in [0.05, 0.1) is 5.97 Å². The summed E-state index contributed by atoms with van der Waals surface area (Å²) in [6, 6.07) is 0. The topological polar surface area (TPSA) is 52.2 Å². The molecule has 0 saturated heterocycles. The maximum Gasteiger partial charge on any atom is 0.0668 e. The number of aliphatic carboxylic acids is 1. The molecule has 0 aliphatic rings. The molecular formula is C10H18NO2-. The van der Waals surface area contributed by atoms with E-state index in [0.29, 0.717) is 5.57 Å².